The first-order chi connectivity index (χ1) is 14.0. The molecule has 1 aromatic heterocycles. The molecule has 0 aliphatic carbocycles. The van der Waals surface area contributed by atoms with Crippen molar-refractivity contribution in [2.45, 2.75) is 18.9 Å². The van der Waals surface area contributed by atoms with E-state index < -0.39 is 0 Å². The van der Waals surface area contributed by atoms with Gasteiger partial charge in [0.15, 0.2) is 11.5 Å². The highest BCUT2D eigenvalue weighted by Crippen LogP contribution is 2.33. The van der Waals surface area contributed by atoms with E-state index in [2.05, 4.69) is 15.3 Å². The second-order valence-electron chi connectivity index (χ2n) is 7.48. The summed E-state index contributed by atoms with van der Waals surface area (Å²) in [4.78, 5) is 28.4. The number of piperidine rings is 1. The summed E-state index contributed by atoms with van der Waals surface area (Å²) in [7, 11) is 3.54. The topological polar surface area (TPSA) is 88.9 Å². The highest BCUT2D eigenvalue weighted by Gasteiger charge is 2.25. The van der Waals surface area contributed by atoms with Gasteiger partial charge in [-0.05, 0) is 31.0 Å². The molecule has 0 spiro atoms. The molecule has 0 saturated carbocycles. The Morgan fingerprint density at radius 2 is 1.93 bits per heavy atom. The number of carbonyl (C=O) groups is 2. The number of nitrogens with one attached hydrogen (secondary N) is 1. The zero-order valence-electron chi connectivity index (χ0n) is 16.6. The van der Waals surface area contributed by atoms with Crippen molar-refractivity contribution in [2.24, 2.45) is 0 Å². The lowest BCUT2D eigenvalue weighted by Crippen LogP contribution is -2.41. The van der Waals surface area contributed by atoms with E-state index >= 15 is 0 Å². The van der Waals surface area contributed by atoms with Crippen LogP contribution in [0.25, 0.3) is 0 Å². The summed E-state index contributed by atoms with van der Waals surface area (Å²) in [6, 6.07) is 7.11. The van der Waals surface area contributed by atoms with Crippen molar-refractivity contribution >= 4 is 17.6 Å². The van der Waals surface area contributed by atoms with Crippen LogP contribution in [-0.2, 0) is 4.79 Å². The van der Waals surface area contributed by atoms with E-state index in [4.69, 9.17) is 9.47 Å². The number of anilines is 1. The Labute approximate surface area is 169 Å². The number of hydrogen-bond donors (Lipinski definition) is 1. The molecule has 2 aromatic rings. The van der Waals surface area contributed by atoms with Crippen LogP contribution in [0.3, 0.4) is 0 Å². The van der Waals surface area contributed by atoms with Crippen molar-refractivity contribution in [1.29, 1.82) is 0 Å². The molecule has 2 amide bonds. The summed E-state index contributed by atoms with van der Waals surface area (Å²) >= 11 is 0. The largest absolute Gasteiger partial charge is 0.454 e. The Hall–Kier alpha value is -3.07. The van der Waals surface area contributed by atoms with E-state index in [1.807, 2.05) is 4.68 Å². The van der Waals surface area contributed by atoms with Gasteiger partial charge < -0.3 is 19.7 Å². The number of benzene rings is 1. The lowest BCUT2D eigenvalue weighted by molar-refractivity contribution is -0.130. The van der Waals surface area contributed by atoms with Gasteiger partial charge >= 0.3 is 0 Å². The first kappa shape index (κ1) is 19.3. The number of likely N-dealkylation sites (tertiary alicyclic amines) is 1. The van der Waals surface area contributed by atoms with Crippen LogP contribution in [0.2, 0.25) is 0 Å². The van der Waals surface area contributed by atoms with Gasteiger partial charge in [-0.1, -0.05) is 0 Å². The van der Waals surface area contributed by atoms with Gasteiger partial charge in [-0.2, -0.15) is 5.10 Å². The molecule has 154 valence electrons. The van der Waals surface area contributed by atoms with Crippen LogP contribution in [-0.4, -0.2) is 71.9 Å². The molecule has 9 nitrogen and oxygen atoms in total. The Morgan fingerprint density at radius 1 is 1.17 bits per heavy atom. The van der Waals surface area contributed by atoms with Crippen LogP contribution >= 0.6 is 0 Å². The van der Waals surface area contributed by atoms with Crippen LogP contribution in [0.15, 0.2) is 30.5 Å². The molecule has 3 heterocycles. The van der Waals surface area contributed by atoms with Crippen LogP contribution in [0.1, 0.15) is 29.2 Å². The second kappa shape index (κ2) is 8.12. The molecule has 2 aliphatic heterocycles. The molecule has 9 heteroatoms. The zero-order valence-corrected chi connectivity index (χ0v) is 16.6. The fourth-order valence-corrected chi connectivity index (χ4v) is 3.59. The van der Waals surface area contributed by atoms with E-state index in [1.165, 1.54) is 0 Å². The van der Waals surface area contributed by atoms with E-state index in [-0.39, 0.29) is 24.6 Å². The molecule has 1 N–H and O–H groups in total. The predicted octanol–water partition coefficient (Wildman–Crippen LogP) is 1.59. The van der Waals surface area contributed by atoms with Gasteiger partial charge in [0.2, 0.25) is 12.7 Å². The molecule has 1 aromatic carbocycles. The minimum atomic E-state index is -0.223. The highest BCUT2D eigenvalue weighted by molar-refractivity contribution is 6.04. The molecule has 29 heavy (non-hydrogen) atoms. The number of nitrogens with zero attached hydrogens (tertiary/aromatic N) is 4. The maximum atomic E-state index is 12.7. The number of ether oxygens (including phenoxy) is 2. The van der Waals surface area contributed by atoms with E-state index in [0.29, 0.717) is 29.4 Å². The number of amides is 2. The van der Waals surface area contributed by atoms with Crippen LogP contribution in [0.5, 0.6) is 11.5 Å². The van der Waals surface area contributed by atoms with Crippen molar-refractivity contribution in [3.8, 4) is 11.5 Å². The minimum Gasteiger partial charge on any atom is -0.454 e. The van der Waals surface area contributed by atoms with Crippen LogP contribution in [0.4, 0.5) is 5.82 Å². The molecule has 1 saturated heterocycles. The number of carbonyl (C=O) groups excluding carboxylic acids is 2. The van der Waals surface area contributed by atoms with E-state index in [1.54, 1.807) is 49.5 Å². The minimum absolute atomic E-state index is 0.110. The number of likely N-dealkylation sites (N-methyl/N-ethyl adjacent to an activating group) is 1. The van der Waals surface area contributed by atoms with Gasteiger partial charge in [-0.25, -0.2) is 4.68 Å². The Morgan fingerprint density at radius 3 is 2.69 bits per heavy atom. The first-order valence-electron chi connectivity index (χ1n) is 9.68. The molecule has 0 radical (unpaired) electrons. The van der Waals surface area contributed by atoms with Gasteiger partial charge in [-0.3, -0.25) is 14.5 Å². The quantitative estimate of drug-likeness (QED) is 0.821. The average Bonchev–Trinajstić information content (AvgIpc) is 3.37. The molecule has 1 fully saturated rings. The van der Waals surface area contributed by atoms with Gasteiger partial charge in [0.05, 0.1) is 18.8 Å². The van der Waals surface area contributed by atoms with Crippen molar-refractivity contribution in [3.05, 3.63) is 36.0 Å². The van der Waals surface area contributed by atoms with Gasteiger partial charge in [0.25, 0.3) is 5.91 Å². The number of aromatic nitrogens is 2. The maximum absolute atomic E-state index is 12.7. The normalized spacial score (nSPS) is 16.6. The van der Waals surface area contributed by atoms with Crippen molar-refractivity contribution in [1.82, 2.24) is 19.6 Å². The molecule has 0 atom stereocenters. The Bertz CT molecular complexity index is 902. The number of rotatable bonds is 5. The average molecular weight is 399 g/mol. The monoisotopic (exact) mass is 399 g/mol. The summed E-state index contributed by atoms with van der Waals surface area (Å²) in [5, 5.41) is 7.37. The fraction of sp³-hybridized carbons (Fsp3) is 0.450. The standard InChI is InChI=1S/C20H25N5O4/c1-23(2)19(26)12-24-9-6-15(7-10-24)25-18(5-8-21-25)22-20(27)14-3-4-16-17(11-14)29-13-28-16/h3-5,8,11,15H,6-7,9-10,12-13H2,1-2H3,(H,22,27). The molecule has 4 rings (SSSR count). The first-order valence-corrected chi connectivity index (χ1v) is 9.68. The molecular formula is C20H25N5O4. The van der Waals surface area contributed by atoms with E-state index in [9.17, 15) is 9.59 Å². The smallest absolute Gasteiger partial charge is 0.256 e. The van der Waals surface area contributed by atoms with Crippen molar-refractivity contribution in [2.75, 3.05) is 45.8 Å². The lowest BCUT2D eigenvalue weighted by atomic mass is 10.1. The second-order valence-corrected chi connectivity index (χ2v) is 7.48. The van der Waals surface area contributed by atoms with Crippen molar-refractivity contribution in [3.63, 3.8) is 0 Å². The van der Waals surface area contributed by atoms with Crippen LogP contribution in [0, 0.1) is 0 Å². The van der Waals surface area contributed by atoms with Gasteiger partial charge in [-0.15, -0.1) is 0 Å². The highest BCUT2D eigenvalue weighted by atomic mass is 16.7. The summed E-state index contributed by atoms with van der Waals surface area (Å²) in [5.41, 5.74) is 0.499. The molecule has 0 unspecified atom stereocenters. The third kappa shape index (κ3) is 4.19. The molecule has 2 aliphatic rings. The predicted molar refractivity (Wildman–Crippen MR) is 106 cm³/mol. The number of hydrogen-bond acceptors (Lipinski definition) is 6. The summed E-state index contributed by atoms with van der Waals surface area (Å²) in [5.74, 6) is 1.77. The van der Waals surface area contributed by atoms with Gasteiger partial charge in [0, 0.05) is 38.8 Å². The third-order valence-electron chi connectivity index (χ3n) is 5.31. The zero-order chi connectivity index (χ0) is 20.4. The fourth-order valence-electron chi connectivity index (χ4n) is 3.59. The lowest BCUT2D eigenvalue weighted by Gasteiger charge is -2.32. The van der Waals surface area contributed by atoms with Gasteiger partial charge in [0.1, 0.15) is 5.82 Å². The van der Waals surface area contributed by atoms with E-state index in [0.717, 1.165) is 25.9 Å². The van der Waals surface area contributed by atoms with Crippen molar-refractivity contribution < 1.29 is 19.1 Å². The number of fused-ring (bicyclic) bond motifs is 1. The van der Waals surface area contributed by atoms with Crippen LogP contribution < -0.4 is 14.8 Å². The third-order valence-corrected chi connectivity index (χ3v) is 5.31. The molecular weight excluding hydrogens is 374 g/mol. The summed E-state index contributed by atoms with van der Waals surface area (Å²) in [6.45, 7) is 2.25. The summed E-state index contributed by atoms with van der Waals surface area (Å²) in [6.07, 6.45) is 3.43. The summed E-state index contributed by atoms with van der Waals surface area (Å²) < 4.78 is 12.5. The Balaban J connectivity index is 1.38. The maximum Gasteiger partial charge on any atom is 0.256 e. The SMILES string of the molecule is CN(C)C(=O)CN1CCC(n2nccc2NC(=O)c2ccc3c(c2)OCO3)CC1. The Kier molecular flexibility index (Phi) is 5.39. The molecule has 0 bridgehead atoms.